The predicted molar refractivity (Wildman–Crippen MR) is 101 cm³/mol. The number of nitrogens with one attached hydrogen (secondary N) is 1. The number of Topliss-reactive ketones (excluding diaryl/α,β-unsaturated/α-hetero) is 1. The molecular formula is C19H23N5O2. The zero-order valence-electron chi connectivity index (χ0n) is 15.3. The molecule has 136 valence electrons. The Kier molecular flexibility index (Phi) is 5.27. The van der Waals surface area contributed by atoms with Crippen molar-refractivity contribution < 1.29 is 9.59 Å². The number of piperazine rings is 1. The molecule has 1 aliphatic heterocycles. The van der Waals surface area contributed by atoms with Crippen LogP contribution in [-0.2, 0) is 0 Å². The largest absolute Gasteiger partial charge is 0.354 e. The van der Waals surface area contributed by atoms with Gasteiger partial charge in [-0.1, -0.05) is 0 Å². The number of ketones is 1. The minimum Gasteiger partial charge on any atom is -0.354 e. The molecule has 26 heavy (non-hydrogen) atoms. The molecule has 1 N–H and O–H groups in total. The summed E-state index contributed by atoms with van der Waals surface area (Å²) in [6, 6.07) is 8.55. The third kappa shape index (κ3) is 4.23. The Bertz CT molecular complexity index is 811. The van der Waals surface area contributed by atoms with Crippen LogP contribution in [-0.4, -0.2) is 59.8 Å². The molecular weight excluding hydrogens is 330 g/mol. The van der Waals surface area contributed by atoms with Crippen molar-refractivity contribution in [3.8, 4) is 0 Å². The number of aryl methyl sites for hydroxylation is 1. The van der Waals surface area contributed by atoms with E-state index in [0.29, 0.717) is 22.8 Å². The van der Waals surface area contributed by atoms with Crippen LogP contribution in [0.2, 0.25) is 0 Å². The first kappa shape index (κ1) is 18.0. The van der Waals surface area contributed by atoms with Crippen molar-refractivity contribution in [1.82, 2.24) is 14.9 Å². The van der Waals surface area contributed by atoms with Crippen LogP contribution < -0.4 is 10.2 Å². The number of hydrogen-bond acceptors (Lipinski definition) is 6. The number of likely N-dealkylation sites (N-methyl/N-ethyl adjacent to an activating group) is 1. The topological polar surface area (TPSA) is 78.4 Å². The van der Waals surface area contributed by atoms with Gasteiger partial charge in [0.25, 0.3) is 5.91 Å². The number of benzene rings is 1. The molecule has 0 aliphatic carbocycles. The summed E-state index contributed by atoms with van der Waals surface area (Å²) >= 11 is 0. The lowest BCUT2D eigenvalue weighted by molar-refractivity contribution is 0.101. The maximum Gasteiger partial charge on any atom is 0.274 e. The highest BCUT2D eigenvalue weighted by atomic mass is 16.2. The highest BCUT2D eigenvalue weighted by molar-refractivity contribution is 6.03. The average molecular weight is 353 g/mol. The second-order valence-corrected chi connectivity index (χ2v) is 6.54. The molecule has 2 heterocycles. The van der Waals surface area contributed by atoms with Crippen LogP contribution in [0.15, 0.2) is 30.3 Å². The van der Waals surface area contributed by atoms with Crippen molar-refractivity contribution in [2.45, 2.75) is 13.8 Å². The normalized spacial score (nSPS) is 15.0. The quantitative estimate of drug-likeness (QED) is 0.847. The maximum absolute atomic E-state index is 12.6. The van der Waals surface area contributed by atoms with Gasteiger partial charge in [-0.15, -0.1) is 0 Å². The van der Waals surface area contributed by atoms with E-state index in [2.05, 4.69) is 32.1 Å². The van der Waals surface area contributed by atoms with E-state index in [9.17, 15) is 9.59 Å². The molecule has 1 aromatic heterocycles. The third-order valence-corrected chi connectivity index (χ3v) is 4.43. The number of anilines is 2. The Labute approximate surface area is 153 Å². The van der Waals surface area contributed by atoms with E-state index < -0.39 is 0 Å². The van der Waals surface area contributed by atoms with Crippen LogP contribution in [0.1, 0.15) is 33.6 Å². The lowest BCUT2D eigenvalue weighted by Gasteiger charge is -2.33. The fourth-order valence-electron chi connectivity index (χ4n) is 2.85. The fraction of sp³-hybridized carbons (Fsp3) is 0.368. The van der Waals surface area contributed by atoms with Gasteiger partial charge in [0, 0.05) is 43.5 Å². The van der Waals surface area contributed by atoms with Crippen molar-refractivity contribution >= 4 is 23.2 Å². The van der Waals surface area contributed by atoms with Crippen LogP contribution in [0.5, 0.6) is 0 Å². The number of hydrogen-bond donors (Lipinski definition) is 1. The lowest BCUT2D eigenvalue weighted by Crippen LogP contribution is -2.45. The van der Waals surface area contributed by atoms with Crippen molar-refractivity contribution in [2.24, 2.45) is 0 Å². The second kappa shape index (κ2) is 7.61. The number of carbonyl (C=O) groups is 2. The molecule has 1 amide bonds. The van der Waals surface area contributed by atoms with Gasteiger partial charge in [0.05, 0.1) is 0 Å². The number of nitrogens with zero attached hydrogens (tertiary/aromatic N) is 4. The zero-order chi connectivity index (χ0) is 18.7. The van der Waals surface area contributed by atoms with Crippen molar-refractivity contribution in [2.75, 3.05) is 43.4 Å². The zero-order valence-corrected chi connectivity index (χ0v) is 15.3. The summed E-state index contributed by atoms with van der Waals surface area (Å²) in [6.45, 7) is 6.98. The summed E-state index contributed by atoms with van der Waals surface area (Å²) in [4.78, 5) is 37.1. The Hall–Kier alpha value is -2.80. The molecule has 1 aliphatic rings. The summed E-state index contributed by atoms with van der Waals surface area (Å²) in [5.74, 6) is 1.05. The molecule has 7 heteroatoms. The van der Waals surface area contributed by atoms with Crippen LogP contribution in [0.3, 0.4) is 0 Å². The Morgan fingerprint density at radius 3 is 2.31 bits per heavy atom. The SMILES string of the molecule is CC(=O)c1ccc(NC(=O)c2cc(N3CCN(C)CC3)nc(C)n2)cc1. The molecule has 0 saturated carbocycles. The summed E-state index contributed by atoms with van der Waals surface area (Å²) in [5, 5.41) is 2.82. The Balaban J connectivity index is 1.75. The molecule has 7 nitrogen and oxygen atoms in total. The van der Waals surface area contributed by atoms with E-state index in [-0.39, 0.29) is 11.7 Å². The van der Waals surface area contributed by atoms with Gasteiger partial charge in [-0.3, -0.25) is 9.59 Å². The first-order valence-corrected chi connectivity index (χ1v) is 8.64. The minimum absolute atomic E-state index is 0.00822. The van der Waals surface area contributed by atoms with Crippen molar-refractivity contribution in [3.63, 3.8) is 0 Å². The molecule has 3 rings (SSSR count). The van der Waals surface area contributed by atoms with E-state index in [1.807, 2.05) is 0 Å². The van der Waals surface area contributed by atoms with Crippen LogP contribution >= 0.6 is 0 Å². The monoisotopic (exact) mass is 353 g/mol. The van der Waals surface area contributed by atoms with Crippen molar-refractivity contribution in [3.05, 3.63) is 47.4 Å². The molecule has 0 atom stereocenters. The number of amides is 1. The van der Waals surface area contributed by atoms with E-state index in [0.717, 1.165) is 32.0 Å². The third-order valence-electron chi connectivity index (χ3n) is 4.43. The molecule has 0 bridgehead atoms. The molecule has 0 spiro atoms. The van der Waals surface area contributed by atoms with E-state index >= 15 is 0 Å². The van der Waals surface area contributed by atoms with Gasteiger partial charge in [-0.2, -0.15) is 0 Å². The minimum atomic E-state index is -0.290. The lowest BCUT2D eigenvalue weighted by atomic mass is 10.1. The highest BCUT2D eigenvalue weighted by Gasteiger charge is 2.18. The molecule has 0 unspecified atom stereocenters. The Morgan fingerprint density at radius 2 is 1.69 bits per heavy atom. The molecule has 1 fully saturated rings. The van der Waals surface area contributed by atoms with Gasteiger partial charge < -0.3 is 15.1 Å². The standard InChI is InChI=1S/C19H23N5O2/c1-13(25)15-4-6-16(7-5-15)22-19(26)17-12-18(21-14(2)20-17)24-10-8-23(3)9-11-24/h4-7,12H,8-11H2,1-3H3,(H,22,26). The van der Waals surface area contributed by atoms with Crippen LogP contribution in [0.4, 0.5) is 11.5 Å². The maximum atomic E-state index is 12.6. The van der Waals surface area contributed by atoms with Crippen LogP contribution in [0.25, 0.3) is 0 Å². The Morgan fingerprint density at radius 1 is 1.04 bits per heavy atom. The number of aromatic nitrogens is 2. The van der Waals surface area contributed by atoms with Gasteiger partial charge in [0.1, 0.15) is 17.3 Å². The van der Waals surface area contributed by atoms with Gasteiger partial charge >= 0.3 is 0 Å². The number of rotatable bonds is 4. The van der Waals surface area contributed by atoms with E-state index in [1.54, 1.807) is 37.3 Å². The summed E-state index contributed by atoms with van der Waals surface area (Å²) in [6.07, 6.45) is 0. The van der Waals surface area contributed by atoms with E-state index in [4.69, 9.17) is 0 Å². The summed E-state index contributed by atoms with van der Waals surface area (Å²) < 4.78 is 0. The average Bonchev–Trinajstić information content (AvgIpc) is 2.62. The van der Waals surface area contributed by atoms with Crippen LogP contribution in [0, 0.1) is 6.92 Å². The van der Waals surface area contributed by atoms with Gasteiger partial charge in [-0.25, -0.2) is 9.97 Å². The van der Waals surface area contributed by atoms with Gasteiger partial charge in [0.2, 0.25) is 0 Å². The number of carbonyl (C=O) groups excluding carboxylic acids is 2. The first-order chi connectivity index (χ1) is 12.4. The summed E-state index contributed by atoms with van der Waals surface area (Å²) in [5.41, 5.74) is 1.57. The smallest absolute Gasteiger partial charge is 0.274 e. The van der Waals surface area contributed by atoms with Crippen molar-refractivity contribution in [1.29, 1.82) is 0 Å². The first-order valence-electron chi connectivity index (χ1n) is 8.64. The molecule has 2 aromatic rings. The molecule has 0 radical (unpaired) electrons. The summed E-state index contributed by atoms with van der Waals surface area (Å²) in [7, 11) is 2.10. The predicted octanol–water partition coefficient (Wildman–Crippen LogP) is 1.99. The second-order valence-electron chi connectivity index (χ2n) is 6.54. The fourth-order valence-corrected chi connectivity index (χ4v) is 2.85. The molecule has 1 saturated heterocycles. The van der Waals surface area contributed by atoms with Gasteiger partial charge in [0.15, 0.2) is 5.78 Å². The molecule has 1 aromatic carbocycles. The van der Waals surface area contributed by atoms with E-state index in [1.165, 1.54) is 6.92 Å². The van der Waals surface area contributed by atoms with Gasteiger partial charge in [-0.05, 0) is 45.2 Å². The highest BCUT2D eigenvalue weighted by Crippen LogP contribution is 2.17.